The molecular weight excluding hydrogens is 320 g/mol. The number of thiazole rings is 1. The summed E-state index contributed by atoms with van der Waals surface area (Å²) in [5.74, 6) is 0. The lowest BCUT2D eigenvalue weighted by Crippen LogP contribution is -1.96. The molecule has 0 aliphatic heterocycles. The number of halogens is 1. The molecule has 0 radical (unpaired) electrons. The van der Waals surface area contributed by atoms with Gasteiger partial charge in [-0.25, -0.2) is 4.98 Å². The summed E-state index contributed by atoms with van der Waals surface area (Å²) in [5.41, 5.74) is 1.14. The van der Waals surface area contributed by atoms with Crippen molar-refractivity contribution in [1.29, 1.82) is 0 Å². The van der Waals surface area contributed by atoms with E-state index in [0.29, 0.717) is 0 Å². The maximum atomic E-state index is 4.26. The van der Waals surface area contributed by atoms with E-state index in [9.17, 15) is 0 Å². The van der Waals surface area contributed by atoms with Crippen LogP contribution in [0.5, 0.6) is 0 Å². The van der Waals surface area contributed by atoms with E-state index in [1.807, 2.05) is 13.1 Å². The number of hydrogen-bond donors (Lipinski definition) is 1. The van der Waals surface area contributed by atoms with Crippen LogP contribution in [-0.2, 0) is 6.54 Å². The third kappa shape index (κ3) is 2.96. The maximum absolute atomic E-state index is 4.26. The summed E-state index contributed by atoms with van der Waals surface area (Å²) in [6, 6.07) is 12.8. The molecule has 19 heavy (non-hydrogen) atoms. The summed E-state index contributed by atoms with van der Waals surface area (Å²) < 4.78 is 1.11. The van der Waals surface area contributed by atoms with Gasteiger partial charge in [-0.1, -0.05) is 28.1 Å². The Labute approximate surface area is 124 Å². The molecule has 0 unspecified atom stereocenters. The van der Waals surface area contributed by atoms with Gasteiger partial charge >= 0.3 is 0 Å². The number of nitrogens with zero attached hydrogens (tertiary/aromatic N) is 1. The van der Waals surface area contributed by atoms with Crippen molar-refractivity contribution < 1.29 is 0 Å². The molecule has 96 valence electrons. The Bertz CT molecular complexity index is 721. The fourth-order valence-corrected chi connectivity index (χ4v) is 3.12. The number of rotatable bonds is 3. The van der Waals surface area contributed by atoms with Gasteiger partial charge in [-0.2, -0.15) is 0 Å². The van der Waals surface area contributed by atoms with Crippen molar-refractivity contribution in [2.75, 3.05) is 5.32 Å². The first-order valence-electron chi connectivity index (χ1n) is 6.05. The molecule has 0 saturated heterocycles. The molecule has 0 amide bonds. The van der Waals surface area contributed by atoms with Crippen molar-refractivity contribution in [2.45, 2.75) is 13.5 Å². The molecule has 1 N–H and O–H groups in total. The van der Waals surface area contributed by atoms with E-state index in [2.05, 4.69) is 62.6 Å². The van der Waals surface area contributed by atoms with Gasteiger partial charge in [0.05, 0.1) is 11.6 Å². The summed E-state index contributed by atoms with van der Waals surface area (Å²) in [7, 11) is 0. The second kappa shape index (κ2) is 5.31. The highest BCUT2D eigenvalue weighted by Crippen LogP contribution is 2.23. The van der Waals surface area contributed by atoms with Crippen LogP contribution >= 0.6 is 27.3 Å². The van der Waals surface area contributed by atoms with Crippen LogP contribution < -0.4 is 5.32 Å². The maximum Gasteiger partial charge on any atom is 0.0897 e. The summed E-state index contributed by atoms with van der Waals surface area (Å²) >= 11 is 5.23. The smallest absolute Gasteiger partial charge is 0.0897 e. The zero-order chi connectivity index (χ0) is 13.2. The molecule has 2 aromatic carbocycles. The number of benzene rings is 2. The van der Waals surface area contributed by atoms with Gasteiger partial charge in [0.15, 0.2) is 0 Å². The van der Waals surface area contributed by atoms with Gasteiger partial charge in [0, 0.05) is 21.2 Å². The van der Waals surface area contributed by atoms with E-state index in [0.717, 1.165) is 21.7 Å². The second-order valence-electron chi connectivity index (χ2n) is 4.41. The topological polar surface area (TPSA) is 24.9 Å². The third-order valence-corrected chi connectivity index (χ3v) is 4.34. The van der Waals surface area contributed by atoms with Crippen molar-refractivity contribution >= 4 is 43.7 Å². The molecule has 1 heterocycles. The van der Waals surface area contributed by atoms with Gasteiger partial charge in [0.25, 0.3) is 0 Å². The zero-order valence-electron chi connectivity index (χ0n) is 10.5. The molecule has 0 saturated carbocycles. The van der Waals surface area contributed by atoms with Gasteiger partial charge in [-0.05, 0) is 42.0 Å². The highest BCUT2D eigenvalue weighted by molar-refractivity contribution is 9.10. The molecule has 0 aliphatic carbocycles. The van der Waals surface area contributed by atoms with Gasteiger partial charge in [-0.15, -0.1) is 11.3 Å². The number of hydrogen-bond acceptors (Lipinski definition) is 3. The van der Waals surface area contributed by atoms with Crippen molar-refractivity contribution in [1.82, 2.24) is 4.98 Å². The normalized spacial score (nSPS) is 10.8. The number of anilines is 1. The fraction of sp³-hybridized carbons (Fsp3) is 0.133. The van der Waals surface area contributed by atoms with Gasteiger partial charge in [0.2, 0.25) is 0 Å². The number of fused-ring (bicyclic) bond motifs is 1. The number of nitrogens with one attached hydrogen (secondary N) is 1. The van der Waals surface area contributed by atoms with E-state index in [-0.39, 0.29) is 0 Å². The molecule has 1 aromatic heterocycles. The van der Waals surface area contributed by atoms with Crippen LogP contribution in [0.4, 0.5) is 5.69 Å². The minimum absolute atomic E-state index is 0.827. The lowest BCUT2D eigenvalue weighted by atomic mass is 10.1. The summed E-state index contributed by atoms with van der Waals surface area (Å²) in [6.07, 6.45) is 1.94. The molecule has 0 bridgehead atoms. The standard InChI is InChI=1S/C15H13BrN2S/c1-10-17-8-15(19-10)9-18-14-5-3-11-6-13(16)4-2-12(11)7-14/h2-8,18H,9H2,1H3. The average Bonchev–Trinajstić information content (AvgIpc) is 2.82. The summed E-state index contributed by atoms with van der Waals surface area (Å²) in [4.78, 5) is 5.52. The van der Waals surface area contributed by atoms with Crippen molar-refractivity contribution in [2.24, 2.45) is 0 Å². The molecule has 0 aliphatic rings. The minimum atomic E-state index is 0.827. The second-order valence-corrected chi connectivity index (χ2v) is 6.64. The summed E-state index contributed by atoms with van der Waals surface area (Å²) in [6.45, 7) is 2.86. The van der Waals surface area contributed by atoms with E-state index in [4.69, 9.17) is 0 Å². The first kappa shape index (κ1) is 12.6. The molecule has 0 spiro atoms. The Morgan fingerprint density at radius 2 is 1.95 bits per heavy atom. The Kier molecular flexibility index (Phi) is 3.53. The molecule has 0 fully saturated rings. The molecular formula is C15H13BrN2S. The Hall–Kier alpha value is -1.39. The molecule has 0 atom stereocenters. The zero-order valence-corrected chi connectivity index (χ0v) is 12.9. The molecule has 4 heteroatoms. The van der Waals surface area contributed by atoms with Gasteiger partial charge < -0.3 is 5.32 Å². The Morgan fingerprint density at radius 1 is 1.16 bits per heavy atom. The van der Waals surface area contributed by atoms with E-state index in [1.165, 1.54) is 15.6 Å². The molecule has 2 nitrogen and oxygen atoms in total. The van der Waals surface area contributed by atoms with E-state index < -0.39 is 0 Å². The highest BCUT2D eigenvalue weighted by atomic mass is 79.9. The molecule has 3 aromatic rings. The molecule has 3 rings (SSSR count). The lowest BCUT2D eigenvalue weighted by Gasteiger charge is -2.06. The van der Waals surface area contributed by atoms with Crippen LogP contribution in [0.2, 0.25) is 0 Å². The van der Waals surface area contributed by atoms with E-state index >= 15 is 0 Å². The highest BCUT2D eigenvalue weighted by Gasteiger charge is 2.00. The Balaban J connectivity index is 1.79. The predicted molar refractivity (Wildman–Crippen MR) is 85.8 cm³/mol. The van der Waals surface area contributed by atoms with Crippen LogP contribution in [0.25, 0.3) is 10.8 Å². The number of aromatic nitrogens is 1. The van der Waals surface area contributed by atoms with Crippen LogP contribution in [0, 0.1) is 6.92 Å². The van der Waals surface area contributed by atoms with Crippen LogP contribution in [0.1, 0.15) is 9.88 Å². The quantitative estimate of drug-likeness (QED) is 0.731. The van der Waals surface area contributed by atoms with Crippen molar-refractivity contribution in [3.8, 4) is 0 Å². The van der Waals surface area contributed by atoms with Crippen molar-refractivity contribution in [3.63, 3.8) is 0 Å². The average molecular weight is 333 g/mol. The number of aryl methyl sites for hydroxylation is 1. The SMILES string of the molecule is Cc1ncc(CNc2ccc3cc(Br)ccc3c2)s1. The van der Waals surface area contributed by atoms with Gasteiger partial charge in [0.1, 0.15) is 0 Å². The predicted octanol–water partition coefficient (Wildman–Crippen LogP) is 4.98. The third-order valence-electron chi connectivity index (χ3n) is 2.94. The first-order valence-corrected chi connectivity index (χ1v) is 7.66. The monoisotopic (exact) mass is 332 g/mol. The summed E-state index contributed by atoms with van der Waals surface area (Å²) in [5, 5.41) is 7.04. The lowest BCUT2D eigenvalue weighted by molar-refractivity contribution is 1.17. The van der Waals surface area contributed by atoms with Crippen molar-refractivity contribution in [3.05, 3.63) is 57.0 Å². The van der Waals surface area contributed by atoms with Crippen LogP contribution in [-0.4, -0.2) is 4.98 Å². The fourth-order valence-electron chi connectivity index (χ4n) is 2.00. The van der Waals surface area contributed by atoms with E-state index in [1.54, 1.807) is 11.3 Å². The largest absolute Gasteiger partial charge is 0.380 e. The first-order chi connectivity index (χ1) is 9.20. The Morgan fingerprint density at radius 3 is 2.74 bits per heavy atom. The van der Waals surface area contributed by atoms with Crippen LogP contribution in [0.3, 0.4) is 0 Å². The minimum Gasteiger partial charge on any atom is -0.380 e. The van der Waals surface area contributed by atoms with Gasteiger partial charge in [-0.3, -0.25) is 0 Å². The van der Waals surface area contributed by atoms with Crippen LogP contribution in [0.15, 0.2) is 47.1 Å².